The predicted molar refractivity (Wildman–Crippen MR) is 146 cm³/mol. The molecule has 0 unspecified atom stereocenters. The van der Waals surface area contributed by atoms with Gasteiger partial charge in [-0.05, 0) is 70.0 Å². The van der Waals surface area contributed by atoms with Gasteiger partial charge in [0.1, 0.15) is 0 Å². The number of allylic oxidation sites excluding steroid dienone is 1. The van der Waals surface area contributed by atoms with E-state index in [1.54, 1.807) is 0 Å². The third-order valence-corrected chi connectivity index (χ3v) is 7.98. The Bertz CT molecular complexity index is 1240. The fraction of sp³-hybridized carbons (Fsp3) is 0.241. The van der Waals surface area contributed by atoms with E-state index in [0.29, 0.717) is 16.5 Å². The van der Waals surface area contributed by atoms with E-state index < -0.39 is 0 Å². The van der Waals surface area contributed by atoms with E-state index in [1.165, 1.54) is 38.3 Å². The number of nitrogens with zero attached hydrogens (tertiary/aromatic N) is 1. The molecule has 2 aliphatic rings. The van der Waals surface area contributed by atoms with E-state index in [-0.39, 0.29) is 6.67 Å². The molecule has 0 atom stereocenters. The summed E-state index contributed by atoms with van der Waals surface area (Å²) in [5.74, 6) is 0.998. The number of rotatable bonds is 6. The minimum Gasteiger partial charge on any atom is -0.295 e. The van der Waals surface area contributed by atoms with E-state index in [2.05, 4.69) is 59.5 Å². The Morgan fingerprint density at radius 3 is 2.50 bits per heavy atom. The molecule has 2 heterocycles. The highest BCUT2D eigenvalue weighted by Gasteiger charge is 2.22. The highest BCUT2D eigenvalue weighted by molar-refractivity contribution is 7.99. The molecule has 0 spiro atoms. The Kier molecular flexibility index (Phi) is 7.46. The van der Waals surface area contributed by atoms with E-state index in [9.17, 15) is 4.39 Å². The number of halogens is 3. The van der Waals surface area contributed by atoms with Crippen molar-refractivity contribution >= 4 is 52.2 Å². The van der Waals surface area contributed by atoms with Crippen LogP contribution in [0.5, 0.6) is 0 Å². The molecule has 0 saturated carbocycles. The van der Waals surface area contributed by atoms with Crippen LogP contribution in [0.4, 0.5) is 4.39 Å². The van der Waals surface area contributed by atoms with Crippen LogP contribution in [-0.4, -0.2) is 37.0 Å². The SMILES string of the molecule is FCCCN1CC(=Cc2ccc(C3=C(c4ccc(Cl)cc4Cl)CCSc4ccccc43)cc2)C1. The third-order valence-electron chi connectivity index (χ3n) is 6.36. The number of hydrogen-bond acceptors (Lipinski definition) is 2. The van der Waals surface area contributed by atoms with Crippen LogP contribution in [0.3, 0.4) is 0 Å². The van der Waals surface area contributed by atoms with Gasteiger partial charge in [-0.15, -0.1) is 11.8 Å². The maximum atomic E-state index is 12.4. The van der Waals surface area contributed by atoms with Crippen molar-refractivity contribution in [1.29, 1.82) is 0 Å². The number of likely N-dealkylation sites (tertiary alicyclic amines) is 1. The molecular weight excluding hydrogens is 484 g/mol. The molecule has 3 aromatic carbocycles. The first kappa shape index (κ1) is 23.7. The zero-order chi connectivity index (χ0) is 23.5. The molecule has 2 aliphatic heterocycles. The van der Waals surface area contributed by atoms with Gasteiger partial charge in [0.25, 0.3) is 0 Å². The van der Waals surface area contributed by atoms with Gasteiger partial charge in [-0.1, -0.05) is 77.8 Å². The summed E-state index contributed by atoms with van der Waals surface area (Å²) >= 11 is 14.8. The van der Waals surface area contributed by atoms with Crippen LogP contribution in [0.1, 0.15) is 35.1 Å². The lowest BCUT2D eigenvalue weighted by molar-refractivity contribution is 0.239. The van der Waals surface area contributed by atoms with Crippen molar-refractivity contribution < 1.29 is 4.39 Å². The lowest BCUT2D eigenvalue weighted by atomic mass is 9.88. The molecule has 3 aromatic rings. The summed E-state index contributed by atoms with van der Waals surface area (Å²) in [7, 11) is 0. The summed E-state index contributed by atoms with van der Waals surface area (Å²) < 4.78 is 12.4. The van der Waals surface area contributed by atoms with Crippen molar-refractivity contribution in [3.63, 3.8) is 0 Å². The van der Waals surface area contributed by atoms with E-state index in [1.807, 2.05) is 30.0 Å². The van der Waals surface area contributed by atoms with Crippen molar-refractivity contribution in [2.45, 2.75) is 17.7 Å². The Labute approximate surface area is 215 Å². The number of hydrogen-bond donors (Lipinski definition) is 0. The fourth-order valence-electron chi connectivity index (χ4n) is 4.73. The van der Waals surface area contributed by atoms with Gasteiger partial charge in [0.05, 0.1) is 6.67 Å². The number of benzene rings is 3. The molecule has 0 aliphatic carbocycles. The monoisotopic (exact) mass is 509 g/mol. The van der Waals surface area contributed by atoms with Gasteiger partial charge in [0, 0.05) is 40.3 Å². The Balaban J connectivity index is 1.52. The first-order valence-corrected chi connectivity index (χ1v) is 13.4. The molecule has 1 nitrogen and oxygen atoms in total. The van der Waals surface area contributed by atoms with Crippen LogP contribution in [0.2, 0.25) is 10.0 Å². The maximum Gasteiger partial charge on any atom is 0.0906 e. The Hall–Kier alpha value is -2.04. The van der Waals surface area contributed by atoms with Crippen LogP contribution >= 0.6 is 35.0 Å². The number of alkyl halides is 1. The summed E-state index contributed by atoms with van der Waals surface area (Å²) in [6.07, 6.45) is 3.81. The number of fused-ring (bicyclic) bond motifs is 1. The van der Waals surface area contributed by atoms with Gasteiger partial charge in [-0.2, -0.15) is 0 Å². The van der Waals surface area contributed by atoms with Crippen molar-refractivity contribution in [1.82, 2.24) is 4.90 Å². The summed E-state index contributed by atoms with van der Waals surface area (Å²) in [4.78, 5) is 3.58. The zero-order valence-electron chi connectivity index (χ0n) is 18.9. The molecule has 0 radical (unpaired) electrons. The molecule has 0 amide bonds. The van der Waals surface area contributed by atoms with Crippen LogP contribution in [0.15, 0.2) is 77.2 Å². The molecular formula is C29H26Cl2FNS. The van der Waals surface area contributed by atoms with E-state index in [0.717, 1.165) is 37.4 Å². The largest absolute Gasteiger partial charge is 0.295 e. The quantitative estimate of drug-likeness (QED) is 0.327. The van der Waals surface area contributed by atoms with Gasteiger partial charge in [-0.3, -0.25) is 9.29 Å². The van der Waals surface area contributed by atoms with Crippen LogP contribution < -0.4 is 0 Å². The van der Waals surface area contributed by atoms with Gasteiger partial charge >= 0.3 is 0 Å². The normalized spacial score (nSPS) is 16.1. The molecule has 1 fully saturated rings. The molecule has 34 heavy (non-hydrogen) atoms. The highest BCUT2D eigenvalue weighted by Crippen LogP contribution is 2.44. The second-order valence-electron chi connectivity index (χ2n) is 8.75. The van der Waals surface area contributed by atoms with Gasteiger partial charge < -0.3 is 0 Å². The Morgan fingerprint density at radius 2 is 1.74 bits per heavy atom. The lowest BCUT2D eigenvalue weighted by Gasteiger charge is -2.33. The van der Waals surface area contributed by atoms with Crippen molar-refractivity contribution in [3.05, 3.63) is 105 Å². The summed E-state index contributed by atoms with van der Waals surface area (Å²) in [6, 6.07) is 23.3. The van der Waals surface area contributed by atoms with Crippen LogP contribution in [0, 0.1) is 0 Å². The average molecular weight is 511 g/mol. The molecule has 174 valence electrons. The molecule has 0 N–H and O–H groups in total. The van der Waals surface area contributed by atoms with Gasteiger partial charge in [-0.25, -0.2) is 0 Å². The van der Waals surface area contributed by atoms with Crippen molar-refractivity contribution in [3.8, 4) is 0 Å². The van der Waals surface area contributed by atoms with Crippen LogP contribution in [-0.2, 0) is 0 Å². The lowest BCUT2D eigenvalue weighted by Crippen LogP contribution is -2.40. The molecule has 0 aromatic heterocycles. The van der Waals surface area contributed by atoms with Crippen molar-refractivity contribution in [2.75, 3.05) is 32.1 Å². The van der Waals surface area contributed by atoms with Crippen LogP contribution in [0.25, 0.3) is 17.2 Å². The first-order valence-electron chi connectivity index (χ1n) is 11.6. The maximum absolute atomic E-state index is 12.4. The Morgan fingerprint density at radius 1 is 0.941 bits per heavy atom. The standard InChI is InChI=1S/C29H26Cl2FNS/c30-23-10-11-24(27(31)17-23)25-12-15-34-28-5-2-1-4-26(28)29(25)22-8-6-20(7-9-22)16-21-18-33(19-21)14-3-13-32/h1-2,4-11,16-17H,3,12-15,18-19H2. The van der Waals surface area contributed by atoms with Gasteiger partial charge in [0.2, 0.25) is 0 Å². The highest BCUT2D eigenvalue weighted by atomic mass is 35.5. The second-order valence-corrected chi connectivity index (χ2v) is 10.7. The molecule has 0 bridgehead atoms. The fourth-order valence-corrected chi connectivity index (χ4v) is 6.27. The topological polar surface area (TPSA) is 3.24 Å². The zero-order valence-corrected chi connectivity index (χ0v) is 21.2. The second kappa shape index (κ2) is 10.7. The minimum absolute atomic E-state index is 0.238. The average Bonchev–Trinajstić information content (AvgIpc) is 3.00. The molecule has 1 saturated heterocycles. The summed E-state index contributed by atoms with van der Waals surface area (Å²) in [5, 5.41) is 1.34. The summed E-state index contributed by atoms with van der Waals surface area (Å²) in [5.41, 5.74) is 8.59. The third kappa shape index (κ3) is 5.13. The first-order chi connectivity index (χ1) is 16.6. The minimum atomic E-state index is -0.238. The van der Waals surface area contributed by atoms with E-state index >= 15 is 0 Å². The smallest absolute Gasteiger partial charge is 0.0906 e. The molecule has 5 rings (SSSR count). The predicted octanol–water partition coefficient (Wildman–Crippen LogP) is 8.51. The molecule has 5 heteroatoms. The number of thioether (sulfide) groups is 1. The van der Waals surface area contributed by atoms with Gasteiger partial charge in [0.15, 0.2) is 0 Å². The van der Waals surface area contributed by atoms with Crippen molar-refractivity contribution in [2.24, 2.45) is 0 Å². The summed E-state index contributed by atoms with van der Waals surface area (Å²) in [6.45, 7) is 2.49. The van der Waals surface area contributed by atoms with E-state index in [4.69, 9.17) is 23.2 Å².